The largest absolute Gasteiger partial charge is 0.289 e. The molecule has 0 fully saturated rings. The van der Waals surface area contributed by atoms with Gasteiger partial charge in [0.2, 0.25) is 0 Å². The number of allylic oxidation sites excluding steroid dienone is 1. The standard InChI is InChI=1S/C17H14O/c1-2-14-8-10-15(11-9-14)12-13-17(18)16-6-4-3-5-7-16/h2-13H,1H2/b13-12+. The molecule has 0 saturated heterocycles. The zero-order valence-electron chi connectivity index (χ0n) is 10.0. The number of carbonyl (C=O) groups excluding carboxylic acids is 1. The lowest BCUT2D eigenvalue weighted by Crippen LogP contribution is -1.92. The fourth-order valence-electron chi connectivity index (χ4n) is 1.61. The van der Waals surface area contributed by atoms with Crippen molar-refractivity contribution in [1.29, 1.82) is 0 Å². The summed E-state index contributed by atoms with van der Waals surface area (Å²) in [7, 11) is 0. The molecule has 0 aromatic heterocycles. The van der Waals surface area contributed by atoms with Gasteiger partial charge in [0.1, 0.15) is 0 Å². The summed E-state index contributed by atoms with van der Waals surface area (Å²) in [5, 5.41) is 0. The Balaban J connectivity index is 2.11. The van der Waals surface area contributed by atoms with Crippen LogP contribution in [0, 0.1) is 0 Å². The van der Waals surface area contributed by atoms with Gasteiger partial charge in [-0.25, -0.2) is 0 Å². The first-order chi connectivity index (χ1) is 8.79. The number of hydrogen-bond acceptors (Lipinski definition) is 1. The second-order valence-electron chi connectivity index (χ2n) is 3.93. The summed E-state index contributed by atoms with van der Waals surface area (Å²) in [6.45, 7) is 3.70. The van der Waals surface area contributed by atoms with E-state index >= 15 is 0 Å². The third-order valence-electron chi connectivity index (χ3n) is 2.66. The van der Waals surface area contributed by atoms with Gasteiger partial charge in [-0.05, 0) is 17.2 Å². The maximum absolute atomic E-state index is 11.8. The number of hydrogen-bond donors (Lipinski definition) is 0. The Morgan fingerprint density at radius 3 is 2.11 bits per heavy atom. The molecular formula is C17H14O. The molecule has 0 aliphatic carbocycles. The van der Waals surface area contributed by atoms with E-state index in [0.717, 1.165) is 11.1 Å². The summed E-state index contributed by atoms with van der Waals surface area (Å²) in [4.78, 5) is 11.8. The van der Waals surface area contributed by atoms with E-state index in [1.54, 1.807) is 12.2 Å². The Hall–Kier alpha value is -2.41. The zero-order chi connectivity index (χ0) is 12.8. The molecule has 1 heteroatoms. The third-order valence-corrected chi connectivity index (χ3v) is 2.66. The molecule has 18 heavy (non-hydrogen) atoms. The van der Waals surface area contributed by atoms with Crippen LogP contribution in [0.4, 0.5) is 0 Å². The number of carbonyl (C=O) groups is 1. The maximum atomic E-state index is 11.8. The molecule has 2 rings (SSSR count). The average Bonchev–Trinajstić information content (AvgIpc) is 2.46. The molecule has 0 heterocycles. The van der Waals surface area contributed by atoms with Crippen LogP contribution in [-0.4, -0.2) is 5.78 Å². The van der Waals surface area contributed by atoms with Gasteiger partial charge >= 0.3 is 0 Å². The van der Waals surface area contributed by atoms with Crippen LogP contribution in [0.25, 0.3) is 12.2 Å². The fraction of sp³-hybridized carbons (Fsp3) is 0. The quantitative estimate of drug-likeness (QED) is 0.571. The molecule has 0 aliphatic rings. The third kappa shape index (κ3) is 3.05. The van der Waals surface area contributed by atoms with E-state index < -0.39 is 0 Å². The van der Waals surface area contributed by atoms with Gasteiger partial charge in [0.05, 0.1) is 0 Å². The van der Waals surface area contributed by atoms with Crippen molar-refractivity contribution in [1.82, 2.24) is 0 Å². The van der Waals surface area contributed by atoms with E-state index in [0.29, 0.717) is 5.56 Å². The molecule has 0 spiro atoms. The minimum absolute atomic E-state index is 0.0170. The van der Waals surface area contributed by atoms with Crippen molar-refractivity contribution in [3.05, 3.63) is 83.9 Å². The Kier molecular flexibility index (Phi) is 3.87. The molecule has 0 amide bonds. The van der Waals surface area contributed by atoms with Crippen molar-refractivity contribution in [2.75, 3.05) is 0 Å². The molecule has 0 atom stereocenters. The van der Waals surface area contributed by atoms with Gasteiger partial charge in [-0.2, -0.15) is 0 Å². The highest BCUT2D eigenvalue weighted by molar-refractivity contribution is 6.06. The highest BCUT2D eigenvalue weighted by atomic mass is 16.1. The van der Waals surface area contributed by atoms with Gasteiger partial charge in [-0.1, -0.05) is 73.3 Å². The zero-order valence-corrected chi connectivity index (χ0v) is 10.0. The molecule has 2 aromatic carbocycles. The van der Waals surface area contributed by atoms with Gasteiger partial charge in [-0.3, -0.25) is 4.79 Å². The lowest BCUT2D eigenvalue weighted by atomic mass is 10.1. The van der Waals surface area contributed by atoms with Crippen LogP contribution in [0.3, 0.4) is 0 Å². The van der Waals surface area contributed by atoms with Crippen LogP contribution in [0.15, 0.2) is 67.3 Å². The molecule has 0 saturated carbocycles. The predicted octanol–water partition coefficient (Wildman–Crippen LogP) is 4.23. The molecule has 88 valence electrons. The van der Waals surface area contributed by atoms with Gasteiger partial charge in [0.15, 0.2) is 5.78 Å². The smallest absolute Gasteiger partial charge is 0.185 e. The lowest BCUT2D eigenvalue weighted by Gasteiger charge is -1.96. The van der Waals surface area contributed by atoms with Gasteiger partial charge in [0.25, 0.3) is 0 Å². The maximum Gasteiger partial charge on any atom is 0.185 e. The van der Waals surface area contributed by atoms with Crippen molar-refractivity contribution in [3.63, 3.8) is 0 Å². The van der Waals surface area contributed by atoms with E-state index in [1.165, 1.54) is 0 Å². The van der Waals surface area contributed by atoms with Crippen LogP contribution < -0.4 is 0 Å². The van der Waals surface area contributed by atoms with E-state index in [2.05, 4.69) is 6.58 Å². The minimum Gasteiger partial charge on any atom is -0.289 e. The van der Waals surface area contributed by atoms with Crippen LogP contribution >= 0.6 is 0 Å². The minimum atomic E-state index is 0.0170. The Morgan fingerprint density at radius 2 is 1.50 bits per heavy atom. The SMILES string of the molecule is C=Cc1ccc(/C=C/C(=O)c2ccccc2)cc1. The molecule has 2 aromatic rings. The van der Waals surface area contributed by atoms with E-state index in [4.69, 9.17) is 0 Å². The second-order valence-corrected chi connectivity index (χ2v) is 3.93. The van der Waals surface area contributed by atoms with Crippen molar-refractivity contribution in [2.45, 2.75) is 0 Å². The number of benzene rings is 2. The first-order valence-electron chi connectivity index (χ1n) is 5.79. The van der Waals surface area contributed by atoms with Crippen molar-refractivity contribution in [2.24, 2.45) is 0 Å². The van der Waals surface area contributed by atoms with Crippen LogP contribution in [0.1, 0.15) is 21.5 Å². The number of ketones is 1. The Morgan fingerprint density at radius 1 is 0.889 bits per heavy atom. The molecule has 1 nitrogen and oxygen atoms in total. The molecule has 0 radical (unpaired) electrons. The van der Waals surface area contributed by atoms with Crippen LogP contribution in [0.2, 0.25) is 0 Å². The van der Waals surface area contributed by atoms with Crippen LogP contribution in [-0.2, 0) is 0 Å². The summed E-state index contributed by atoms with van der Waals surface area (Å²) in [5.41, 5.74) is 2.78. The number of rotatable bonds is 4. The van der Waals surface area contributed by atoms with Crippen LogP contribution in [0.5, 0.6) is 0 Å². The summed E-state index contributed by atoms with van der Waals surface area (Å²) < 4.78 is 0. The topological polar surface area (TPSA) is 17.1 Å². The monoisotopic (exact) mass is 234 g/mol. The highest BCUT2D eigenvalue weighted by Crippen LogP contribution is 2.08. The van der Waals surface area contributed by atoms with Crippen molar-refractivity contribution >= 4 is 17.9 Å². The van der Waals surface area contributed by atoms with Gasteiger partial charge in [0, 0.05) is 5.56 Å². The lowest BCUT2D eigenvalue weighted by molar-refractivity contribution is 0.104. The predicted molar refractivity (Wildman–Crippen MR) is 76.3 cm³/mol. The summed E-state index contributed by atoms with van der Waals surface area (Å²) in [5.74, 6) is 0.0170. The van der Waals surface area contributed by atoms with E-state index in [1.807, 2.05) is 60.7 Å². The van der Waals surface area contributed by atoms with E-state index in [9.17, 15) is 4.79 Å². The highest BCUT2D eigenvalue weighted by Gasteiger charge is 1.98. The molecule has 0 N–H and O–H groups in total. The molecule has 0 aliphatic heterocycles. The summed E-state index contributed by atoms with van der Waals surface area (Å²) in [6, 6.07) is 17.1. The summed E-state index contributed by atoms with van der Waals surface area (Å²) >= 11 is 0. The normalized spacial score (nSPS) is 10.4. The van der Waals surface area contributed by atoms with Crippen molar-refractivity contribution < 1.29 is 4.79 Å². The molecular weight excluding hydrogens is 220 g/mol. The van der Waals surface area contributed by atoms with Crippen molar-refractivity contribution in [3.8, 4) is 0 Å². The molecule has 0 unspecified atom stereocenters. The van der Waals surface area contributed by atoms with E-state index in [-0.39, 0.29) is 5.78 Å². The Labute approximate surface area is 107 Å². The van der Waals surface area contributed by atoms with Gasteiger partial charge < -0.3 is 0 Å². The average molecular weight is 234 g/mol. The first-order valence-corrected chi connectivity index (χ1v) is 5.79. The molecule has 0 bridgehead atoms. The fourth-order valence-corrected chi connectivity index (χ4v) is 1.61. The first kappa shape index (κ1) is 12.1. The second kappa shape index (κ2) is 5.78. The van der Waals surface area contributed by atoms with Gasteiger partial charge in [-0.15, -0.1) is 0 Å². The Bertz CT molecular complexity index is 562. The summed E-state index contributed by atoms with van der Waals surface area (Å²) in [6.07, 6.45) is 5.21.